The molecule has 0 amide bonds. The van der Waals surface area contributed by atoms with Gasteiger partial charge in [-0.2, -0.15) is 0 Å². The quantitative estimate of drug-likeness (QED) is 0.914. The van der Waals surface area contributed by atoms with Gasteiger partial charge < -0.3 is 5.11 Å². The standard InChI is InChI=1S/C15H16N2O2/c18-15(19)13-5-6-17(10-13)9-11-7-12-3-1-2-4-14(12)16-8-11/h1-4,7-8,13H,5-6,9-10H2,(H,18,19). The number of pyridine rings is 1. The molecule has 1 aliphatic rings. The maximum Gasteiger partial charge on any atom is 0.307 e. The molecule has 0 spiro atoms. The monoisotopic (exact) mass is 256 g/mol. The molecule has 1 N–H and O–H groups in total. The van der Waals surface area contributed by atoms with Crippen LogP contribution in [0.3, 0.4) is 0 Å². The Morgan fingerprint density at radius 2 is 2.26 bits per heavy atom. The molecular formula is C15H16N2O2. The molecule has 1 aromatic carbocycles. The van der Waals surface area contributed by atoms with E-state index in [1.165, 1.54) is 0 Å². The first kappa shape index (κ1) is 12.1. The maximum atomic E-state index is 10.9. The van der Waals surface area contributed by atoms with E-state index in [0.717, 1.165) is 36.0 Å². The molecule has 0 saturated carbocycles. The topological polar surface area (TPSA) is 53.4 Å². The Bertz CT molecular complexity index is 612. The molecule has 4 heteroatoms. The largest absolute Gasteiger partial charge is 0.481 e. The summed E-state index contributed by atoms with van der Waals surface area (Å²) in [6.07, 6.45) is 2.63. The summed E-state index contributed by atoms with van der Waals surface area (Å²) in [6, 6.07) is 10.2. The van der Waals surface area contributed by atoms with Crippen LogP contribution >= 0.6 is 0 Å². The van der Waals surface area contributed by atoms with Crippen LogP contribution in [0.5, 0.6) is 0 Å². The highest BCUT2D eigenvalue weighted by atomic mass is 16.4. The van der Waals surface area contributed by atoms with Crippen LogP contribution in [0.1, 0.15) is 12.0 Å². The van der Waals surface area contributed by atoms with Gasteiger partial charge >= 0.3 is 5.97 Å². The number of nitrogens with zero attached hydrogens (tertiary/aromatic N) is 2. The summed E-state index contributed by atoms with van der Waals surface area (Å²) in [6.45, 7) is 2.27. The van der Waals surface area contributed by atoms with Crippen molar-refractivity contribution in [2.45, 2.75) is 13.0 Å². The van der Waals surface area contributed by atoms with Crippen molar-refractivity contribution < 1.29 is 9.90 Å². The van der Waals surface area contributed by atoms with Crippen molar-refractivity contribution >= 4 is 16.9 Å². The van der Waals surface area contributed by atoms with Gasteiger partial charge in [-0.05, 0) is 30.7 Å². The lowest BCUT2D eigenvalue weighted by Gasteiger charge is -2.15. The molecule has 0 radical (unpaired) electrons. The number of aromatic nitrogens is 1. The Labute approximate surface area is 111 Å². The van der Waals surface area contributed by atoms with Crippen LogP contribution < -0.4 is 0 Å². The highest BCUT2D eigenvalue weighted by Crippen LogP contribution is 2.20. The Balaban J connectivity index is 1.73. The van der Waals surface area contributed by atoms with Crippen LogP contribution in [0.15, 0.2) is 36.5 Å². The number of fused-ring (bicyclic) bond motifs is 1. The third-order valence-corrected chi connectivity index (χ3v) is 3.67. The van der Waals surface area contributed by atoms with Gasteiger partial charge in [0.05, 0.1) is 11.4 Å². The Morgan fingerprint density at radius 1 is 1.42 bits per heavy atom. The Morgan fingerprint density at radius 3 is 3.05 bits per heavy atom. The number of hydrogen-bond acceptors (Lipinski definition) is 3. The number of carboxylic acid groups (broad SMARTS) is 1. The minimum atomic E-state index is -0.681. The van der Waals surface area contributed by atoms with Crippen molar-refractivity contribution in [1.29, 1.82) is 0 Å². The highest BCUT2D eigenvalue weighted by molar-refractivity contribution is 5.78. The SMILES string of the molecule is O=C(O)C1CCN(Cc2cnc3ccccc3c2)C1. The fourth-order valence-corrected chi connectivity index (χ4v) is 2.64. The minimum Gasteiger partial charge on any atom is -0.481 e. The number of para-hydroxylation sites is 1. The maximum absolute atomic E-state index is 10.9. The first-order valence-corrected chi connectivity index (χ1v) is 6.51. The van der Waals surface area contributed by atoms with E-state index in [0.29, 0.717) is 6.54 Å². The molecule has 4 nitrogen and oxygen atoms in total. The molecule has 19 heavy (non-hydrogen) atoms. The van der Waals surface area contributed by atoms with E-state index < -0.39 is 5.97 Å². The zero-order chi connectivity index (χ0) is 13.2. The first-order chi connectivity index (χ1) is 9.22. The zero-order valence-corrected chi connectivity index (χ0v) is 10.6. The van der Waals surface area contributed by atoms with E-state index in [-0.39, 0.29) is 5.92 Å². The molecule has 3 rings (SSSR count). The fraction of sp³-hybridized carbons (Fsp3) is 0.333. The van der Waals surface area contributed by atoms with Gasteiger partial charge in [0, 0.05) is 24.7 Å². The summed E-state index contributed by atoms with van der Waals surface area (Å²) in [7, 11) is 0. The van der Waals surface area contributed by atoms with Gasteiger partial charge in [0.1, 0.15) is 0 Å². The predicted molar refractivity (Wildman–Crippen MR) is 72.8 cm³/mol. The van der Waals surface area contributed by atoms with Crippen molar-refractivity contribution in [2.24, 2.45) is 5.92 Å². The van der Waals surface area contributed by atoms with Crippen LogP contribution in [-0.4, -0.2) is 34.0 Å². The van der Waals surface area contributed by atoms with E-state index >= 15 is 0 Å². The number of benzene rings is 1. The molecule has 1 unspecified atom stereocenters. The van der Waals surface area contributed by atoms with Gasteiger partial charge in [0.15, 0.2) is 0 Å². The molecule has 2 heterocycles. The normalized spacial score (nSPS) is 19.9. The number of likely N-dealkylation sites (tertiary alicyclic amines) is 1. The Kier molecular flexibility index (Phi) is 3.17. The van der Waals surface area contributed by atoms with E-state index in [4.69, 9.17) is 5.11 Å². The molecule has 2 aromatic rings. The summed E-state index contributed by atoms with van der Waals surface area (Å²) in [5.41, 5.74) is 2.14. The average molecular weight is 256 g/mol. The zero-order valence-electron chi connectivity index (χ0n) is 10.6. The molecule has 1 atom stereocenters. The van der Waals surface area contributed by atoms with E-state index in [1.807, 2.05) is 24.4 Å². The Hall–Kier alpha value is -1.94. The molecular weight excluding hydrogens is 240 g/mol. The number of hydrogen-bond donors (Lipinski definition) is 1. The molecule has 1 saturated heterocycles. The molecule has 0 bridgehead atoms. The number of rotatable bonds is 3. The third-order valence-electron chi connectivity index (χ3n) is 3.67. The van der Waals surface area contributed by atoms with Gasteiger partial charge in [-0.25, -0.2) is 0 Å². The van der Waals surface area contributed by atoms with Crippen molar-refractivity contribution in [3.8, 4) is 0 Å². The second kappa shape index (κ2) is 4.97. The van der Waals surface area contributed by atoms with Gasteiger partial charge in [-0.15, -0.1) is 0 Å². The van der Waals surface area contributed by atoms with Crippen molar-refractivity contribution in [3.63, 3.8) is 0 Å². The fourth-order valence-electron chi connectivity index (χ4n) is 2.64. The number of carboxylic acids is 1. The van der Waals surface area contributed by atoms with Crippen LogP contribution in [0.2, 0.25) is 0 Å². The lowest BCUT2D eigenvalue weighted by Crippen LogP contribution is -2.22. The smallest absolute Gasteiger partial charge is 0.307 e. The second-order valence-corrected chi connectivity index (χ2v) is 5.10. The number of carbonyl (C=O) groups is 1. The van der Waals surface area contributed by atoms with E-state index in [9.17, 15) is 4.79 Å². The van der Waals surface area contributed by atoms with Crippen molar-refractivity contribution in [2.75, 3.05) is 13.1 Å². The highest BCUT2D eigenvalue weighted by Gasteiger charge is 2.27. The molecule has 1 aliphatic heterocycles. The van der Waals surface area contributed by atoms with E-state index in [2.05, 4.69) is 22.0 Å². The third kappa shape index (κ3) is 2.58. The van der Waals surface area contributed by atoms with Gasteiger partial charge in [-0.1, -0.05) is 18.2 Å². The van der Waals surface area contributed by atoms with Crippen LogP contribution in [0.25, 0.3) is 10.9 Å². The molecule has 1 fully saturated rings. The van der Waals surface area contributed by atoms with Gasteiger partial charge in [0.25, 0.3) is 0 Å². The lowest BCUT2D eigenvalue weighted by molar-refractivity contribution is -0.141. The van der Waals surface area contributed by atoms with E-state index in [1.54, 1.807) is 0 Å². The van der Waals surface area contributed by atoms with Crippen molar-refractivity contribution in [3.05, 3.63) is 42.1 Å². The molecule has 98 valence electrons. The van der Waals surface area contributed by atoms with Crippen molar-refractivity contribution in [1.82, 2.24) is 9.88 Å². The summed E-state index contributed by atoms with van der Waals surface area (Å²) in [5.74, 6) is -0.896. The second-order valence-electron chi connectivity index (χ2n) is 5.10. The summed E-state index contributed by atoms with van der Waals surface area (Å²) >= 11 is 0. The summed E-state index contributed by atoms with van der Waals surface area (Å²) < 4.78 is 0. The van der Waals surface area contributed by atoms with Crippen LogP contribution in [0, 0.1) is 5.92 Å². The van der Waals surface area contributed by atoms with Crippen LogP contribution in [-0.2, 0) is 11.3 Å². The predicted octanol–water partition coefficient (Wildman–Crippen LogP) is 2.14. The first-order valence-electron chi connectivity index (χ1n) is 6.51. The summed E-state index contributed by atoms with van der Waals surface area (Å²) in [4.78, 5) is 17.6. The molecule has 1 aromatic heterocycles. The van der Waals surface area contributed by atoms with Crippen LogP contribution in [0.4, 0.5) is 0 Å². The minimum absolute atomic E-state index is 0.214. The van der Waals surface area contributed by atoms with Gasteiger partial charge in [-0.3, -0.25) is 14.7 Å². The number of aliphatic carboxylic acids is 1. The lowest BCUT2D eigenvalue weighted by atomic mass is 10.1. The average Bonchev–Trinajstić information content (AvgIpc) is 2.87. The van der Waals surface area contributed by atoms with Gasteiger partial charge in [0.2, 0.25) is 0 Å². The molecule has 0 aliphatic carbocycles. The summed E-state index contributed by atoms with van der Waals surface area (Å²) in [5, 5.41) is 10.1.